The molecular formula is C29H29ClN4O2. The van der Waals surface area contributed by atoms with Crippen LogP contribution in [0.4, 0.5) is 5.69 Å². The molecule has 0 radical (unpaired) electrons. The fourth-order valence-electron chi connectivity index (χ4n) is 5.28. The van der Waals surface area contributed by atoms with Gasteiger partial charge in [-0.3, -0.25) is 9.89 Å². The molecular weight excluding hydrogens is 472 g/mol. The average Bonchev–Trinajstić information content (AvgIpc) is 3.25. The van der Waals surface area contributed by atoms with Crippen LogP contribution in [0.1, 0.15) is 35.8 Å². The van der Waals surface area contributed by atoms with Gasteiger partial charge in [-0.2, -0.15) is 5.10 Å². The smallest absolute Gasteiger partial charge is 0.251 e. The molecule has 1 aromatic heterocycles. The lowest BCUT2D eigenvalue weighted by Crippen LogP contribution is -2.66. The summed E-state index contributed by atoms with van der Waals surface area (Å²) in [5.74, 6) is 0.0448. The number of rotatable bonds is 6. The van der Waals surface area contributed by atoms with Gasteiger partial charge in [0.15, 0.2) is 0 Å². The molecule has 2 aliphatic rings. The van der Waals surface area contributed by atoms with E-state index in [9.17, 15) is 4.79 Å². The van der Waals surface area contributed by atoms with Crippen LogP contribution >= 0.6 is 11.6 Å². The number of anilines is 1. The van der Waals surface area contributed by atoms with Crippen LogP contribution in [0.5, 0.6) is 0 Å². The van der Waals surface area contributed by atoms with E-state index in [1.54, 1.807) is 0 Å². The number of hydrogen-bond acceptors (Lipinski definition) is 4. The number of hydrogen-bond donors (Lipinski definition) is 2. The molecule has 7 heteroatoms. The summed E-state index contributed by atoms with van der Waals surface area (Å²) in [5, 5.41) is 12.4. The van der Waals surface area contributed by atoms with Crippen molar-refractivity contribution in [2.45, 2.75) is 19.9 Å². The number of fused-ring (bicyclic) bond motifs is 1. The van der Waals surface area contributed by atoms with Crippen LogP contribution in [-0.4, -0.2) is 42.4 Å². The molecule has 1 amide bonds. The van der Waals surface area contributed by atoms with Gasteiger partial charge in [-0.1, -0.05) is 55.8 Å². The van der Waals surface area contributed by atoms with Gasteiger partial charge in [0.25, 0.3) is 5.91 Å². The first-order valence-electron chi connectivity index (χ1n) is 12.4. The summed E-state index contributed by atoms with van der Waals surface area (Å²) in [6, 6.07) is 21.6. The minimum atomic E-state index is -0.189. The molecule has 0 bridgehead atoms. The van der Waals surface area contributed by atoms with Gasteiger partial charge in [0, 0.05) is 40.3 Å². The van der Waals surface area contributed by atoms with Crippen LogP contribution in [0, 0.1) is 11.3 Å². The van der Waals surface area contributed by atoms with Gasteiger partial charge in [-0.25, -0.2) is 0 Å². The summed E-state index contributed by atoms with van der Waals surface area (Å²) in [6.07, 6.45) is 0. The van der Waals surface area contributed by atoms with Gasteiger partial charge in [0.05, 0.1) is 35.9 Å². The molecule has 4 aromatic rings. The van der Waals surface area contributed by atoms with Crippen molar-refractivity contribution in [2.24, 2.45) is 11.3 Å². The number of aromatic nitrogens is 2. The Morgan fingerprint density at radius 1 is 1.08 bits per heavy atom. The Hall–Kier alpha value is -3.35. The molecule has 6 nitrogen and oxygen atoms in total. The third-order valence-electron chi connectivity index (χ3n) is 7.39. The van der Waals surface area contributed by atoms with Crippen molar-refractivity contribution in [1.82, 2.24) is 15.5 Å². The molecule has 1 unspecified atom stereocenters. The van der Waals surface area contributed by atoms with Crippen LogP contribution < -0.4 is 10.2 Å². The maximum atomic E-state index is 13.3. The minimum absolute atomic E-state index is 0.135. The molecule has 0 aliphatic carbocycles. The summed E-state index contributed by atoms with van der Waals surface area (Å²) >= 11 is 6.44. The second kappa shape index (κ2) is 8.95. The predicted molar refractivity (Wildman–Crippen MR) is 143 cm³/mol. The molecule has 2 N–H and O–H groups in total. The van der Waals surface area contributed by atoms with Crippen molar-refractivity contribution >= 4 is 34.1 Å². The lowest BCUT2D eigenvalue weighted by molar-refractivity contribution is -0.127. The number of amides is 1. The topological polar surface area (TPSA) is 70.2 Å². The largest absolute Gasteiger partial charge is 0.380 e. The van der Waals surface area contributed by atoms with Crippen molar-refractivity contribution < 1.29 is 9.53 Å². The number of halogens is 1. The zero-order valence-electron chi connectivity index (χ0n) is 20.4. The Balaban J connectivity index is 1.23. The zero-order valence-corrected chi connectivity index (χ0v) is 21.2. The van der Waals surface area contributed by atoms with Gasteiger partial charge in [0.2, 0.25) is 0 Å². The number of nitrogens with one attached hydrogen (secondary N) is 2. The molecule has 0 saturated carbocycles. The molecule has 2 fully saturated rings. The number of benzene rings is 3. The second-order valence-electron chi connectivity index (χ2n) is 10.4. The molecule has 3 heterocycles. The third-order valence-corrected chi connectivity index (χ3v) is 7.74. The summed E-state index contributed by atoms with van der Waals surface area (Å²) in [6.45, 7) is 8.04. The lowest BCUT2D eigenvalue weighted by Gasteiger charge is -2.56. The van der Waals surface area contributed by atoms with Gasteiger partial charge >= 0.3 is 0 Å². The number of H-pyrrole nitrogens is 1. The molecule has 184 valence electrons. The number of aromatic amines is 1. The highest BCUT2D eigenvalue weighted by molar-refractivity contribution is 6.31. The van der Waals surface area contributed by atoms with Crippen molar-refractivity contribution in [2.75, 3.05) is 31.2 Å². The van der Waals surface area contributed by atoms with E-state index in [0.717, 1.165) is 54.0 Å². The molecule has 2 aliphatic heterocycles. The first-order chi connectivity index (χ1) is 17.4. The van der Waals surface area contributed by atoms with Crippen LogP contribution in [0.3, 0.4) is 0 Å². The lowest BCUT2D eigenvalue weighted by atomic mass is 9.78. The molecule has 3 aromatic carbocycles. The molecule has 6 rings (SSSR count). The maximum absolute atomic E-state index is 13.3. The molecule has 1 spiro atoms. The Kier molecular flexibility index (Phi) is 5.73. The minimum Gasteiger partial charge on any atom is -0.380 e. The third kappa shape index (κ3) is 4.04. The van der Waals surface area contributed by atoms with E-state index < -0.39 is 0 Å². The number of carbonyl (C=O) groups excluding carboxylic acids is 1. The van der Waals surface area contributed by atoms with E-state index in [1.165, 1.54) is 5.69 Å². The highest BCUT2D eigenvalue weighted by Gasteiger charge is 2.49. The van der Waals surface area contributed by atoms with Gasteiger partial charge < -0.3 is 15.0 Å². The number of ether oxygens (including phenoxy) is 1. The van der Waals surface area contributed by atoms with Crippen molar-refractivity contribution in [1.29, 1.82) is 0 Å². The Bertz CT molecular complexity index is 1420. The van der Waals surface area contributed by atoms with E-state index >= 15 is 0 Å². The Labute approximate surface area is 215 Å². The van der Waals surface area contributed by atoms with E-state index in [1.807, 2.05) is 42.5 Å². The normalized spacial score (nSPS) is 17.2. The average molecular weight is 501 g/mol. The quantitative estimate of drug-likeness (QED) is 0.348. The van der Waals surface area contributed by atoms with E-state index in [2.05, 4.69) is 58.5 Å². The Morgan fingerprint density at radius 2 is 1.83 bits per heavy atom. The second-order valence-corrected chi connectivity index (χ2v) is 10.9. The van der Waals surface area contributed by atoms with Crippen molar-refractivity contribution in [3.8, 4) is 11.3 Å². The van der Waals surface area contributed by atoms with E-state index in [4.69, 9.17) is 16.3 Å². The fourth-order valence-corrected chi connectivity index (χ4v) is 5.53. The maximum Gasteiger partial charge on any atom is 0.251 e. The predicted octanol–water partition coefficient (Wildman–Crippen LogP) is 5.85. The molecule has 2 saturated heterocycles. The summed E-state index contributed by atoms with van der Waals surface area (Å²) in [5.41, 5.74) is 5.86. The summed E-state index contributed by atoms with van der Waals surface area (Å²) in [7, 11) is 0. The monoisotopic (exact) mass is 500 g/mol. The fraction of sp³-hybridized carbons (Fsp3) is 0.310. The number of nitrogens with zero attached hydrogens (tertiary/aromatic N) is 2. The van der Waals surface area contributed by atoms with Gasteiger partial charge in [0.1, 0.15) is 0 Å². The zero-order chi connectivity index (χ0) is 24.9. The van der Waals surface area contributed by atoms with Gasteiger partial charge in [-0.15, -0.1) is 0 Å². The number of carbonyl (C=O) groups is 1. The summed E-state index contributed by atoms with van der Waals surface area (Å²) < 4.78 is 5.39. The Morgan fingerprint density at radius 3 is 2.50 bits per heavy atom. The standard InChI is InChI=1S/C29H29ClN4O2/c1-18(2)26(22-5-3-4-6-24(22)30)31-28(35)20-9-12-25-23(13-20)27(33-32-25)19-7-10-21(11-8-19)34-14-29(15-34)16-36-17-29/h3-13,18,26H,14-17H2,1-2H3,(H,31,35)(H,32,33). The summed E-state index contributed by atoms with van der Waals surface area (Å²) in [4.78, 5) is 15.7. The van der Waals surface area contributed by atoms with Gasteiger partial charge in [-0.05, 0) is 47.9 Å². The van der Waals surface area contributed by atoms with Crippen LogP contribution in [0.2, 0.25) is 5.02 Å². The SMILES string of the molecule is CC(C)C(NC(=O)c1ccc2[nH]nc(-c3ccc(N4CC5(COC5)C4)cc3)c2c1)c1ccccc1Cl. The first kappa shape index (κ1) is 23.1. The van der Waals surface area contributed by atoms with Crippen LogP contribution in [-0.2, 0) is 4.74 Å². The highest BCUT2D eigenvalue weighted by Crippen LogP contribution is 2.40. The first-order valence-corrected chi connectivity index (χ1v) is 12.8. The van der Waals surface area contributed by atoms with Crippen molar-refractivity contribution in [3.05, 3.63) is 82.9 Å². The van der Waals surface area contributed by atoms with Crippen LogP contribution in [0.15, 0.2) is 66.7 Å². The van der Waals surface area contributed by atoms with Crippen LogP contribution in [0.25, 0.3) is 22.2 Å². The molecule has 1 atom stereocenters. The van der Waals surface area contributed by atoms with Crippen molar-refractivity contribution in [3.63, 3.8) is 0 Å². The van der Waals surface area contributed by atoms with E-state index in [-0.39, 0.29) is 17.9 Å². The highest BCUT2D eigenvalue weighted by atomic mass is 35.5. The molecule has 36 heavy (non-hydrogen) atoms. The van der Waals surface area contributed by atoms with E-state index in [0.29, 0.717) is 16.0 Å².